The number of alkyl carbamates (subject to hydrolysis) is 2. The van der Waals surface area contributed by atoms with Gasteiger partial charge in [0, 0.05) is 25.0 Å². The third-order valence-corrected chi connectivity index (χ3v) is 10.1. The van der Waals surface area contributed by atoms with E-state index in [1.54, 1.807) is 25.8 Å². The molecule has 3 aromatic carbocycles. The molecule has 5 atom stereocenters. The lowest BCUT2D eigenvalue weighted by Crippen LogP contribution is -2.64. The van der Waals surface area contributed by atoms with Crippen molar-refractivity contribution >= 4 is 24.0 Å². The third kappa shape index (κ3) is 12.3. The number of aliphatic hydroxyl groups is 1. The van der Waals surface area contributed by atoms with Gasteiger partial charge in [-0.3, -0.25) is 15.0 Å². The van der Waals surface area contributed by atoms with Gasteiger partial charge in [0.25, 0.3) is 5.91 Å². The molecular weight excluding hydrogens is 699 g/mol. The third-order valence-electron chi connectivity index (χ3n) is 10.1. The van der Waals surface area contributed by atoms with Gasteiger partial charge in [-0.2, -0.15) is 0 Å². The maximum atomic E-state index is 13.9. The van der Waals surface area contributed by atoms with Crippen LogP contribution >= 0.6 is 0 Å². The van der Waals surface area contributed by atoms with Crippen LogP contribution in [-0.2, 0) is 32.0 Å². The summed E-state index contributed by atoms with van der Waals surface area (Å²) < 4.78 is 10.2. The SMILES string of the molecule is COC(=O)N[C@H](C(=O)NN(Cc1ccc(-c2ccccc2)cc1)C[C@H](O)[C@H](Cc1ccccc1)NC(=O)[C@@H]1C[C@H](NC(=O)OC(C)(C)C)C1(C)C)C(C)(C)C. The molecule has 0 radical (unpaired) electrons. The molecule has 12 heteroatoms. The van der Waals surface area contributed by atoms with Crippen LogP contribution in [0.25, 0.3) is 11.1 Å². The average Bonchev–Trinajstić information content (AvgIpc) is 3.11. The monoisotopic (exact) mass is 757 g/mol. The molecule has 1 aliphatic rings. The standard InChI is InChI=1S/C43H59N5O7/c1-41(2,3)36(46-39(52)54-9)38(51)47-48(26-29-20-22-31(23-21-29)30-18-14-11-15-19-30)27-34(49)33(24-28-16-12-10-13-17-28)44-37(50)32-25-35(43(32,7)8)45-40(53)55-42(4,5)6/h10-23,32-36,49H,24-27H2,1-9H3,(H,44,50)(H,45,53)(H,46,52)(H,47,51)/t32-,33-,34-,35-,36+/m0/s1. The first-order valence-corrected chi connectivity index (χ1v) is 18.8. The molecule has 0 spiro atoms. The molecule has 3 aromatic rings. The molecular formula is C43H59N5O7. The molecule has 0 bridgehead atoms. The Bertz CT molecular complexity index is 1740. The highest BCUT2D eigenvalue weighted by Crippen LogP contribution is 2.46. The van der Waals surface area contributed by atoms with Gasteiger partial charge in [-0.15, -0.1) is 0 Å². The summed E-state index contributed by atoms with van der Waals surface area (Å²) in [6.07, 6.45) is -1.69. The Hall–Kier alpha value is -4.94. The van der Waals surface area contributed by atoms with Crippen LogP contribution in [0.15, 0.2) is 84.9 Å². The molecule has 5 N–H and O–H groups in total. The first-order chi connectivity index (χ1) is 25.8. The number of amides is 4. The fraction of sp³-hybridized carbons (Fsp3) is 0.488. The van der Waals surface area contributed by atoms with Gasteiger partial charge in [0.1, 0.15) is 11.6 Å². The van der Waals surface area contributed by atoms with Crippen LogP contribution in [0.1, 0.15) is 72.9 Å². The fourth-order valence-electron chi connectivity index (χ4n) is 6.73. The summed E-state index contributed by atoms with van der Waals surface area (Å²) in [5.74, 6) is -1.17. The van der Waals surface area contributed by atoms with Gasteiger partial charge in [-0.1, -0.05) is 120 Å². The van der Waals surface area contributed by atoms with Gasteiger partial charge < -0.3 is 30.5 Å². The van der Waals surface area contributed by atoms with E-state index in [9.17, 15) is 24.3 Å². The zero-order valence-corrected chi connectivity index (χ0v) is 33.6. The number of carbonyl (C=O) groups is 4. The molecule has 4 rings (SSSR count). The van der Waals surface area contributed by atoms with Crippen molar-refractivity contribution in [3.63, 3.8) is 0 Å². The van der Waals surface area contributed by atoms with E-state index in [4.69, 9.17) is 9.47 Å². The van der Waals surface area contributed by atoms with Crippen molar-refractivity contribution in [1.29, 1.82) is 0 Å². The van der Waals surface area contributed by atoms with Gasteiger partial charge >= 0.3 is 12.2 Å². The van der Waals surface area contributed by atoms with Gasteiger partial charge in [0.2, 0.25) is 5.91 Å². The van der Waals surface area contributed by atoms with Gasteiger partial charge in [0.05, 0.1) is 19.3 Å². The average molecular weight is 758 g/mol. The van der Waals surface area contributed by atoms with Gasteiger partial charge in [-0.05, 0) is 66.7 Å². The second kappa shape index (κ2) is 18.1. The van der Waals surface area contributed by atoms with E-state index in [2.05, 4.69) is 21.4 Å². The van der Waals surface area contributed by atoms with Crippen molar-refractivity contribution in [3.8, 4) is 11.1 Å². The number of benzene rings is 3. The molecule has 0 aliphatic heterocycles. The number of hydrogen-bond donors (Lipinski definition) is 5. The Morgan fingerprint density at radius 2 is 1.40 bits per heavy atom. The number of ether oxygens (including phenoxy) is 2. The quantitative estimate of drug-likeness (QED) is 0.126. The van der Waals surface area contributed by atoms with Crippen LogP contribution in [0.4, 0.5) is 9.59 Å². The number of hydrazine groups is 1. The topological polar surface area (TPSA) is 158 Å². The predicted octanol–water partition coefficient (Wildman–Crippen LogP) is 5.99. The van der Waals surface area contributed by atoms with Crippen molar-refractivity contribution in [2.45, 2.75) is 105 Å². The Balaban J connectivity index is 1.57. The number of hydrogen-bond acceptors (Lipinski definition) is 8. The molecule has 1 aliphatic carbocycles. The Morgan fingerprint density at radius 1 is 0.818 bits per heavy atom. The van der Waals surface area contributed by atoms with Crippen LogP contribution in [-0.4, -0.2) is 77.6 Å². The molecule has 0 saturated heterocycles. The fourth-order valence-corrected chi connectivity index (χ4v) is 6.73. The number of nitrogens with one attached hydrogen (secondary N) is 4. The summed E-state index contributed by atoms with van der Waals surface area (Å²) in [5, 5.41) is 22.2. The van der Waals surface area contributed by atoms with Crippen LogP contribution in [0.3, 0.4) is 0 Å². The van der Waals surface area contributed by atoms with E-state index in [0.29, 0.717) is 12.8 Å². The van der Waals surface area contributed by atoms with Crippen LogP contribution in [0.5, 0.6) is 0 Å². The number of aliphatic hydroxyl groups excluding tert-OH is 1. The number of rotatable bonds is 14. The molecule has 298 valence electrons. The van der Waals surface area contributed by atoms with Crippen LogP contribution in [0, 0.1) is 16.7 Å². The van der Waals surface area contributed by atoms with E-state index >= 15 is 0 Å². The minimum atomic E-state index is -1.14. The lowest BCUT2D eigenvalue weighted by atomic mass is 9.58. The predicted molar refractivity (Wildman–Crippen MR) is 212 cm³/mol. The first kappa shape index (κ1) is 42.8. The van der Waals surface area contributed by atoms with Crippen molar-refractivity contribution < 1.29 is 33.8 Å². The van der Waals surface area contributed by atoms with Gasteiger partial charge in [-0.25, -0.2) is 14.6 Å². The Labute approximate surface area is 325 Å². The van der Waals surface area contributed by atoms with Crippen LogP contribution in [0.2, 0.25) is 0 Å². The van der Waals surface area contributed by atoms with Crippen molar-refractivity contribution in [3.05, 3.63) is 96.1 Å². The van der Waals surface area contributed by atoms with Crippen molar-refractivity contribution in [2.75, 3.05) is 13.7 Å². The molecule has 12 nitrogen and oxygen atoms in total. The second-order valence-corrected chi connectivity index (χ2v) is 17.0. The molecule has 1 saturated carbocycles. The van der Waals surface area contributed by atoms with Crippen molar-refractivity contribution in [2.24, 2.45) is 16.7 Å². The molecule has 55 heavy (non-hydrogen) atoms. The zero-order valence-electron chi connectivity index (χ0n) is 33.6. The number of nitrogens with zero attached hydrogens (tertiary/aromatic N) is 1. The Kier molecular flexibility index (Phi) is 14.1. The van der Waals surface area contributed by atoms with Crippen LogP contribution < -0.4 is 21.4 Å². The van der Waals surface area contributed by atoms with Crippen molar-refractivity contribution in [1.82, 2.24) is 26.4 Å². The smallest absolute Gasteiger partial charge is 0.407 e. The number of methoxy groups -OCH3 is 1. The summed E-state index contributed by atoms with van der Waals surface area (Å²) in [6.45, 7) is 14.9. The van der Waals surface area contributed by atoms with Gasteiger partial charge in [0.15, 0.2) is 0 Å². The molecule has 4 amide bonds. The highest BCUT2D eigenvalue weighted by molar-refractivity contribution is 5.86. The van der Waals surface area contributed by atoms with E-state index in [1.807, 2.05) is 120 Å². The lowest BCUT2D eigenvalue weighted by Gasteiger charge is -2.51. The largest absolute Gasteiger partial charge is 0.453 e. The minimum Gasteiger partial charge on any atom is -0.453 e. The summed E-state index contributed by atoms with van der Waals surface area (Å²) in [7, 11) is 1.23. The highest BCUT2D eigenvalue weighted by atomic mass is 16.6. The van der Waals surface area contributed by atoms with E-state index < -0.39 is 58.6 Å². The first-order valence-electron chi connectivity index (χ1n) is 18.8. The maximum absolute atomic E-state index is 13.9. The molecule has 0 unspecified atom stereocenters. The van der Waals surface area contributed by atoms with E-state index in [0.717, 1.165) is 22.3 Å². The maximum Gasteiger partial charge on any atom is 0.407 e. The Morgan fingerprint density at radius 3 is 1.95 bits per heavy atom. The summed E-state index contributed by atoms with van der Waals surface area (Å²) in [4.78, 5) is 52.6. The summed E-state index contributed by atoms with van der Waals surface area (Å²) in [5.41, 5.74) is 4.90. The zero-order chi connectivity index (χ0) is 40.6. The summed E-state index contributed by atoms with van der Waals surface area (Å²) in [6, 6.07) is 25.5. The van der Waals surface area contributed by atoms with E-state index in [-0.39, 0.29) is 25.0 Å². The number of carbonyl (C=O) groups excluding carboxylic acids is 4. The highest BCUT2D eigenvalue weighted by Gasteiger charge is 2.53. The molecule has 0 heterocycles. The minimum absolute atomic E-state index is 0.0596. The normalized spacial score (nSPS) is 18.2. The second-order valence-electron chi connectivity index (χ2n) is 17.0. The molecule has 1 fully saturated rings. The van der Waals surface area contributed by atoms with E-state index in [1.165, 1.54) is 7.11 Å². The summed E-state index contributed by atoms with van der Waals surface area (Å²) >= 11 is 0. The lowest BCUT2D eigenvalue weighted by molar-refractivity contribution is -0.139. The molecule has 0 aromatic heterocycles.